The number of anilines is 1. The number of hydrogen-bond acceptors (Lipinski definition) is 4. The Morgan fingerprint density at radius 1 is 1.09 bits per heavy atom. The number of carbonyl (C=O) groups excluding carboxylic acids is 1. The fraction of sp³-hybridized carbons (Fsp3) is 0.0667. The molecule has 0 saturated carbocycles. The van der Waals surface area contributed by atoms with E-state index < -0.39 is 16.0 Å². The van der Waals surface area contributed by atoms with Gasteiger partial charge in [-0.3, -0.25) is 9.52 Å². The van der Waals surface area contributed by atoms with Crippen LogP contribution in [0.2, 0.25) is 5.02 Å². The third-order valence-corrected chi connectivity index (χ3v) is 4.75. The quantitative estimate of drug-likeness (QED) is 0.804. The predicted molar refractivity (Wildman–Crippen MR) is 85.7 cm³/mol. The number of aromatic carboxylic acids is 1. The number of nitrogens with one attached hydrogen (secondary N) is 1. The molecule has 0 heterocycles. The van der Waals surface area contributed by atoms with Gasteiger partial charge < -0.3 is 5.11 Å². The molecule has 2 N–H and O–H groups in total. The van der Waals surface area contributed by atoms with Gasteiger partial charge in [-0.15, -0.1) is 0 Å². The van der Waals surface area contributed by atoms with Crippen LogP contribution in [0.25, 0.3) is 0 Å². The Hall–Kier alpha value is -2.38. The molecule has 0 unspecified atom stereocenters. The summed E-state index contributed by atoms with van der Waals surface area (Å²) in [4.78, 5) is 22.2. The highest BCUT2D eigenvalue weighted by Gasteiger charge is 2.16. The van der Waals surface area contributed by atoms with Gasteiger partial charge in [0, 0.05) is 11.3 Å². The van der Waals surface area contributed by atoms with Crippen LogP contribution in [-0.2, 0) is 10.0 Å². The molecular weight excluding hydrogens is 342 g/mol. The van der Waals surface area contributed by atoms with E-state index in [2.05, 4.69) is 4.72 Å². The zero-order valence-electron chi connectivity index (χ0n) is 11.9. The van der Waals surface area contributed by atoms with Crippen molar-refractivity contribution in [2.24, 2.45) is 0 Å². The van der Waals surface area contributed by atoms with Crippen molar-refractivity contribution in [3.63, 3.8) is 0 Å². The lowest BCUT2D eigenvalue weighted by atomic mass is 10.2. The van der Waals surface area contributed by atoms with Crippen molar-refractivity contribution < 1.29 is 23.1 Å². The van der Waals surface area contributed by atoms with Crippen molar-refractivity contribution >= 4 is 39.1 Å². The first-order valence-electron chi connectivity index (χ1n) is 6.37. The maximum Gasteiger partial charge on any atom is 0.337 e. The second kappa shape index (κ2) is 6.39. The fourth-order valence-electron chi connectivity index (χ4n) is 1.84. The number of Topliss-reactive ketones (excluding diaryl/α,β-unsaturated/α-hetero) is 1. The molecule has 0 aromatic heterocycles. The zero-order chi connectivity index (χ0) is 17.2. The SMILES string of the molecule is CC(=O)c1ccc(S(=O)(=O)Nc2ccc(Cl)c(C(=O)O)c2)cc1. The summed E-state index contributed by atoms with van der Waals surface area (Å²) in [5.74, 6) is -1.44. The van der Waals surface area contributed by atoms with Crippen LogP contribution in [0.15, 0.2) is 47.4 Å². The van der Waals surface area contributed by atoms with E-state index in [9.17, 15) is 18.0 Å². The van der Waals surface area contributed by atoms with Crippen LogP contribution >= 0.6 is 11.6 Å². The lowest BCUT2D eigenvalue weighted by Gasteiger charge is -2.09. The standard InChI is InChI=1S/C15H12ClNO5S/c1-9(18)10-2-5-12(6-3-10)23(21,22)17-11-4-7-14(16)13(8-11)15(19)20/h2-8,17H,1H3,(H,19,20). The molecule has 23 heavy (non-hydrogen) atoms. The normalized spacial score (nSPS) is 11.0. The van der Waals surface area contributed by atoms with Gasteiger partial charge in [0.15, 0.2) is 5.78 Å². The van der Waals surface area contributed by atoms with Crippen LogP contribution in [0.3, 0.4) is 0 Å². The molecule has 0 aliphatic carbocycles. The van der Waals surface area contributed by atoms with Crippen molar-refractivity contribution in [1.82, 2.24) is 0 Å². The second-order valence-corrected chi connectivity index (χ2v) is 6.78. The number of rotatable bonds is 5. The van der Waals surface area contributed by atoms with Crippen LogP contribution in [0.5, 0.6) is 0 Å². The molecule has 0 amide bonds. The number of carboxylic acid groups (broad SMARTS) is 1. The molecule has 2 aromatic carbocycles. The molecule has 0 spiro atoms. The number of carbonyl (C=O) groups is 2. The summed E-state index contributed by atoms with van der Waals surface area (Å²) in [6.45, 7) is 1.38. The van der Waals surface area contributed by atoms with E-state index in [1.54, 1.807) is 0 Å². The van der Waals surface area contributed by atoms with Gasteiger partial charge in [0.2, 0.25) is 0 Å². The highest BCUT2D eigenvalue weighted by Crippen LogP contribution is 2.23. The summed E-state index contributed by atoms with van der Waals surface area (Å²) in [6.07, 6.45) is 0. The minimum atomic E-state index is -3.91. The maximum atomic E-state index is 12.3. The summed E-state index contributed by atoms with van der Waals surface area (Å²) in [5.41, 5.74) is 0.254. The summed E-state index contributed by atoms with van der Waals surface area (Å²) in [6, 6.07) is 9.19. The molecule has 0 aliphatic rings. The highest BCUT2D eigenvalue weighted by molar-refractivity contribution is 7.92. The van der Waals surface area contributed by atoms with Gasteiger partial charge in [-0.1, -0.05) is 23.7 Å². The Bertz CT molecular complexity index is 875. The van der Waals surface area contributed by atoms with Gasteiger partial charge in [0.05, 0.1) is 15.5 Å². The molecule has 0 fully saturated rings. The summed E-state index contributed by atoms with van der Waals surface area (Å²) < 4.78 is 26.8. The minimum absolute atomic E-state index is 0.00580. The summed E-state index contributed by atoms with van der Waals surface area (Å²) in [5, 5.41) is 9.00. The fourth-order valence-corrected chi connectivity index (χ4v) is 3.08. The lowest BCUT2D eigenvalue weighted by molar-refractivity contribution is 0.0697. The van der Waals surface area contributed by atoms with Crippen LogP contribution < -0.4 is 4.72 Å². The molecule has 0 bridgehead atoms. The lowest BCUT2D eigenvalue weighted by Crippen LogP contribution is -2.13. The van der Waals surface area contributed by atoms with Crippen LogP contribution in [0.1, 0.15) is 27.6 Å². The number of halogens is 1. The van der Waals surface area contributed by atoms with Crippen molar-refractivity contribution in [3.8, 4) is 0 Å². The Balaban J connectivity index is 2.33. The first kappa shape index (κ1) is 17.0. The Kier molecular flexibility index (Phi) is 4.72. The van der Waals surface area contributed by atoms with E-state index in [0.29, 0.717) is 5.56 Å². The molecule has 2 rings (SSSR count). The predicted octanol–water partition coefficient (Wildman–Crippen LogP) is 3.04. The average molecular weight is 354 g/mol. The van der Waals surface area contributed by atoms with E-state index in [-0.39, 0.29) is 27.0 Å². The molecule has 0 atom stereocenters. The van der Waals surface area contributed by atoms with Gasteiger partial charge in [0.1, 0.15) is 0 Å². The Morgan fingerprint density at radius 3 is 2.22 bits per heavy atom. The van der Waals surface area contributed by atoms with Gasteiger partial charge in [0.25, 0.3) is 10.0 Å². The van der Waals surface area contributed by atoms with Crippen LogP contribution in [0, 0.1) is 0 Å². The van der Waals surface area contributed by atoms with Crippen molar-refractivity contribution in [3.05, 3.63) is 58.6 Å². The molecule has 0 aliphatic heterocycles. The average Bonchev–Trinajstić information content (AvgIpc) is 2.48. The number of ketones is 1. The molecule has 8 heteroatoms. The number of carboxylic acids is 1. The topological polar surface area (TPSA) is 101 Å². The first-order chi connectivity index (χ1) is 10.7. The van der Waals surface area contributed by atoms with Gasteiger partial charge >= 0.3 is 5.97 Å². The third kappa shape index (κ3) is 3.88. The van der Waals surface area contributed by atoms with Crippen LogP contribution in [0.4, 0.5) is 5.69 Å². The number of hydrogen-bond donors (Lipinski definition) is 2. The Labute approximate surface area is 137 Å². The van der Waals surface area contributed by atoms with E-state index in [0.717, 1.165) is 6.07 Å². The first-order valence-corrected chi connectivity index (χ1v) is 8.23. The smallest absolute Gasteiger partial charge is 0.337 e. The van der Waals surface area contributed by atoms with Crippen LogP contribution in [-0.4, -0.2) is 25.3 Å². The third-order valence-electron chi connectivity index (χ3n) is 3.02. The minimum Gasteiger partial charge on any atom is -0.478 e. The van der Waals surface area contributed by atoms with E-state index >= 15 is 0 Å². The van der Waals surface area contributed by atoms with Gasteiger partial charge in [-0.2, -0.15) is 0 Å². The zero-order valence-corrected chi connectivity index (χ0v) is 13.5. The highest BCUT2D eigenvalue weighted by atomic mass is 35.5. The molecule has 2 aromatic rings. The summed E-state index contributed by atoms with van der Waals surface area (Å²) >= 11 is 5.74. The van der Waals surface area contributed by atoms with Gasteiger partial charge in [-0.25, -0.2) is 13.2 Å². The molecule has 0 saturated heterocycles. The van der Waals surface area contributed by atoms with E-state index in [1.807, 2.05) is 0 Å². The van der Waals surface area contributed by atoms with Crippen molar-refractivity contribution in [2.45, 2.75) is 11.8 Å². The van der Waals surface area contributed by atoms with Gasteiger partial charge in [-0.05, 0) is 37.3 Å². The van der Waals surface area contributed by atoms with Crippen molar-refractivity contribution in [1.29, 1.82) is 0 Å². The maximum absolute atomic E-state index is 12.3. The monoisotopic (exact) mass is 353 g/mol. The Morgan fingerprint density at radius 2 is 1.70 bits per heavy atom. The molecule has 120 valence electrons. The number of benzene rings is 2. The van der Waals surface area contributed by atoms with Crippen molar-refractivity contribution in [2.75, 3.05) is 4.72 Å². The molecule has 0 radical (unpaired) electrons. The second-order valence-electron chi connectivity index (χ2n) is 4.69. The molecular formula is C15H12ClNO5S. The molecule has 6 nitrogen and oxygen atoms in total. The number of sulfonamides is 1. The largest absolute Gasteiger partial charge is 0.478 e. The summed E-state index contributed by atoms with van der Waals surface area (Å²) in [7, 11) is -3.91. The van der Waals surface area contributed by atoms with E-state index in [1.165, 1.54) is 43.3 Å². The van der Waals surface area contributed by atoms with E-state index in [4.69, 9.17) is 16.7 Å².